The largest absolute Gasteiger partial charge is 0.474 e. The molecule has 1 aromatic heterocycles. The van der Waals surface area contributed by atoms with Crippen LogP contribution in [0.5, 0.6) is 5.88 Å². The summed E-state index contributed by atoms with van der Waals surface area (Å²) in [5, 5.41) is 2.96. The molecule has 7 heteroatoms. The molecule has 1 aliphatic rings. The average molecular weight is 379 g/mol. The van der Waals surface area contributed by atoms with Crippen LogP contribution in [-0.4, -0.2) is 16.1 Å². The van der Waals surface area contributed by atoms with E-state index < -0.39 is 17.6 Å². The summed E-state index contributed by atoms with van der Waals surface area (Å²) in [6, 6.07) is 7.67. The van der Waals surface area contributed by atoms with Crippen molar-refractivity contribution >= 4 is 11.6 Å². The first-order valence-electron chi connectivity index (χ1n) is 9.11. The molecule has 0 spiro atoms. The summed E-state index contributed by atoms with van der Waals surface area (Å²) in [4.78, 5) is 7.83. The number of halogens is 3. The van der Waals surface area contributed by atoms with Crippen LogP contribution >= 0.6 is 0 Å². The van der Waals surface area contributed by atoms with Gasteiger partial charge in [-0.05, 0) is 48.8 Å². The number of aromatic nitrogens is 2. The minimum Gasteiger partial charge on any atom is -0.474 e. The summed E-state index contributed by atoms with van der Waals surface area (Å²) in [5.74, 6) is -0.322. The molecule has 0 amide bonds. The fraction of sp³-hybridized carbons (Fsp3) is 0.500. The van der Waals surface area contributed by atoms with Crippen molar-refractivity contribution < 1.29 is 17.9 Å². The zero-order valence-corrected chi connectivity index (χ0v) is 15.7. The molecule has 3 rings (SSSR count). The van der Waals surface area contributed by atoms with Crippen LogP contribution in [0.3, 0.4) is 0 Å². The molecule has 4 nitrogen and oxygen atoms in total. The van der Waals surface area contributed by atoms with E-state index in [2.05, 4.69) is 36.1 Å². The number of benzene rings is 1. The third-order valence-electron chi connectivity index (χ3n) is 4.65. The fourth-order valence-corrected chi connectivity index (χ4v) is 3.06. The molecule has 1 heterocycles. The molecule has 1 fully saturated rings. The van der Waals surface area contributed by atoms with E-state index in [9.17, 15) is 13.2 Å². The summed E-state index contributed by atoms with van der Waals surface area (Å²) in [6.07, 6.45) is -0.578. The van der Waals surface area contributed by atoms with Crippen LogP contribution in [0.15, 0.2) is 30.5 Å². The van der Waals surface area contributed by atoms with Gasteiger partial charge in [0.25, 0.3) is 0 Å². The van der Waals surface area contributed by atoms with Crippen LogP contribution in [0.4, 0.5) is 24.8 Å². The second-order valence-electron chi connectivity index (χ2n) is 7.89. The second-order valence-corrected chi connectivity index (χ2v) is 7.89. The number of anilines is 2. The standard InChI is InChI=1S/C20H24F3N3O/c1-19(2,3)13-8-10-14(11-9-13)25-18-24-12-16(20(21,22)23)17(26-18)27-15-6-4-5-7-15/h8-12,15H,4-7H2,1-3H3,(H,24,25,26). The van der Waals surface area contributed by atoms with E-state index in [4.69, 9.17) is 4.74 Å². The molecule has 1 aliphatic carbocycles. The van der Waals surface area contributed by atoms with Gasteiger partial charge in [-0.3, -0.25) is 0 Å². The van der Waals surface area contributed by atoms with Crippen molar-refractivity contribution in [3.63, 3.8) is 0 Å². The van der Waals surface area contributed by atoms with Crippen molar-refractivity contribution in [3.8, 4) is 5.88 Å². The average Bonchev–Trinajstić information content (AvgIpc) is 3.06. The molecule has 1 aromatic carbocycles. The third kappa shape index (κ3) is 4.90. The molecule has 0 radical (unpaired) electrons. The maximum Gasteiger partial charge on any atom is 0.423 e. The topological polar surface area (TPSA) is 47.0 Å². The minimum absolute atomic E-state index is 0.0195. The smallest absolute Gasteiger partial charge is 0.423 e. The molecule has 1 saturated carbocycles. The molecule has 1 N–H and O–H groups in total. The van der Waals surface area contributed by atoms with Gasteiger partial charge in [0.2, 0.25) is 11.8 Å². The van der Waals surface area contributed by atoms with Crippen LogP contribution in [0, 0.1) is 0 Å². The van der Waals surface area contributed by atoms with Gasteiger partial charge in [0.15, 0.2) is 0 Å². The molecule has 146 valence electrons. The van der Waals surface area contributed by atoms with Crippen molar-refractivity contribution in [2.45, 2.75) is 64.1 Å². The monoisotopic (exact) mass is 379 g/mol. The van der Waals surface area contributed by atoms with Crippen molar-refractivity contribution in [2.75, 3.05) is 5.32 Å². The van der Waals surface area contributed by atoms with Gasteiger partial charge in [0.1, 0.15) is 11.7 Å². The minimum atomic E-state index is -4.55. The lowest BCUT2D eigenvalue weighted by Crippen LogP contribution is -2.18. The molecular weight excluding hydrogens is 355 g/mol. The van der Waals surface area contributed by atoms with Crippen LogP contribution in [0.1, 0.15) is 57.6 Å². The number of rotatable bonds is 4. The van der Waals surface area contributed by atoms with E-state index in [1.54, 1.807) is 0 Å². The lowest BCUT2D eigenvalue weighted by Gasteiger charge is -2.19. The van der Waals surface area contributed by atoms with Crippen molar-refractivity contribution in [3.05, 3.63) is 41.6 Å². The maximum absolute atomic E-state index is 13.3. The Morgan fingerprint density at radius 3 is 2.22 bits per heavy atom. The number of ether oxygens (including phenoxy) is 1. The van der Waals surface area contributed by atoms with E-state index in [1.807, 2.05) is 24.3 Å². The number of alkyl halides is 3. The Kier molecular flexibility index (Phi) is 5.31. The second kappa shape index (κ2) is 7.37. The van der Waals surface area contributed by atoms with Gasteiger partial charge in [-0.1, -0.05) is 32.9 Å². The Labute approximate surface area is 157 Å². The van der Waals surface area contributed by atoms with Crippen molar-refractivity contribution in [1.29, 1.82) is 0 Å². The summed E-state index contributed by atoms with van der Waals surface area (Å²) in [5.41, 5.74) is 0.940. The van der Waals surface area contributed by atoms with Crippen LogP contribution in [-0.2, 0) is 11.6 Å². The number of hydrogen-bond acceptors (Lipinski definition) is 4. The Morgan fingerprint density at radius 1 is 1.04 bits per heavy atom. The Balaban J connectivity index is 1.83. The lowest BCUT2D eigenvalue weighted by atomic mass is 9.87. The first-order valence-corrected chi connectivity index (χ1v) is 9.11. The van der Waals surface area contributed by atoms with E-state index in [0.29, 0.717) is 5.69 Å². The highest BCUT2D eigenvalue weighted by molar-refractivity contribution is 5.55. The Hall–Kier alpha value is -2.31. The lowest BCUT2D eigenvalue weighted by molar-refractivity contribution is -0.139. The zero-order valence-electron chi connectivity index (χ0n) is 15.7. The Morgan fingerprint density at radius 2 is 1.67 bits per heavy atom. The molecule has 0 aliphatic heterocycles. The Bertz CT molecular complexity index is 777. The molecule has 0 bridgehead atoms. The molecular formula is C20H24F3N3O. The van der Waals surface area contributed by atoms with Gasteiger partial charge >= 0.3 is 6.18 Å². The zero-order chi connectivity index (χ0) is 19.7. The van der Waals surface area contributed by atoms with Crippen molar-refractivity contribution in [1.82, 2.24) is 9.97 Å². The first kappa shape index (κ1) is 19.5. The molecule has 0 unspecified atom stereocenters. The quantitative estimate of drug-likeness (QED) is 0.723. The van der Waals surface area contributed by atoms with E-state index in [-0.39, 0.29) is 17.5 Å². The molecule has 2 aromatic rings. The highest BCUT2D eigenvalue weighted by Gasteiger charge is 2.37. The summed E-state index contributed by atoms with van der Waals surface area (Å²) in [7, 11) is 0. The van der Waals surface area contributed by atoms with Crippen molar-refractivity contribution in [2.24, 2.45) is 0 Å². The van der Waals surface area contributed by atoms with E-state index in [0.717, 1.165) is 37.4 Å². The molecule has 0 atom stereocenters. The summed E-state index contributed by atoms with van der Waals surface area (Å²) in [6.45, 7) is 6.34. The van der Waals surface area contributed by atoms with Crippen LogP contribution < -0.4 is 10.1 Å². The number of nitrogens with one attached hydrogen (secondary N) is 1. The molecule has 27 heavy (non-hydrogen) atoms. The van der Waals surface area contributed by atoms with E-state index in [1.165, 1.54) is 0 Å². The third-order valence-corrected chi connectivity index (χ3v) is 4.65. The van der Waals surface area contributed by atoms with E-state index >= 15 is 0 Å². The predicted molar refractivity (Wildman–Crippen MR) is 98.3 cm³/mol. The summed E-state index contributed by atoms with van der Waals surface area (Å²) >= 11 is 0. The maximum atomic E-state index is 13.3. The highest BCUT2D eigenvalue weighted by Crippen LogP contribution is 2.37. The number of nitrogens with zero attached hydrogens (tertiary/aromatic N) is 2. The van der Waals surface area contributed by atoms with Gasteiger partial charge in [0, 0.05) is 11.9 Å². The predicted octanol–water partition coefficient (Wildman–Crippen LogP) is 5.86. The van der Waals surface area contributed by atoms with Crippen LogP contribution in [0.25, 0.3) is 0 Å². The van der Waals surface area contributed by atoms with Gasteiger partial charge in [-0.15, -0.1) is 0 Å². The van der Waals surface area contributed by atoms with Gasteiger partial charge in [-0.2, -0.15) is 18.2 Å². The van der Waals surface area contributed by atoms with Gasteiger partial charge < -0.3 is 10.1 Å². The van der Waals surface area contributed by atoms with Gasteiger partial charge in [0.05, 0.1) is 0 Å². The highest BCUT2D eigenvalue weighted by atomic mass is 19.4. The normalized spacial score (nSPS) is 15.8. The first-order chi connectivity index (χ1) is 12.6. The number of hydrogen-bond donors (Lipinski definition) is 1. The van der Waals surface area contributed by atoms with Crippen LogP contribution in [0.2, 0.25) is 0 Å². The fourth-order valence-electron chi connectivity index (χ4n) is 3.06. The molecule has 0 saturated heterocycles. The summed E-state index contributed by atoms with van der Waals surface area (Å²) < 4.78 is 45.3. The van der Waals surface area contributed by atoms with Gasteiger partial charge in [-0.25, -0.2) is 4.98 Å². The SMILES string of the molecule is CC(C)(C)c1ccc(Nc2ncc(C(F)(F)F)c(OC3CCCC3)n2)cc1.